The third-order valence-corrected chi connectivity index (χ3v) is 1.24. The summed E-state index contributed by atoms with van der Waals surface area (Å²) in [5.74, 6) is 0.404. The molecule has 0 bridgehead atoms. The van der Waals surface area contributed by atoms with Gasteiger partial charge in [0.2, 0.25) is 0 Å². The van der Waals surface area contributed by atoms with E-state index in [4.69, 9.17) is 4.74 Å². The van der Waals surface area contributed by atoms with Crippen LogP contribution >= 0.6 is 0 Å². The lowest BCUT2D eigenvalue weighted by Gasteiger charge is -1.98. The van der Waals surface area contributed by atoms with Gasteiger partial charge in [-0.25, -0.2) is 0 Å². The van der Waals surface area contributed by atoms with Crippen LogP contribution in [-0.4, -0.2) is 5.97 Å². The van der Waals surface area contributed by atoms with E-state index in [1.54, 1.807) is 6.92 Å². The summed E-state index contributed by atoms with van der Waals surface area (Å²) in [6, 6.07) is 0. The summed E-state index contributed by atoms with van der Waals surface area (Å²) in [7, 11) is 0. The molecule has 0 aromatic carbocycles. The molecular weight excluding hydrogens is 152 g/mol. The van der Waals surface area contributed by atoms with Gasteiger partial charge in [-0.2, -0.15) is 0 Å². The zero-order chi connectivity index (χ0) is 9.56. The van der Waals surface area contributed by atoms with Crippen LogP contribution < -0.4 is 0 Å². The molecule has 0 aliphatic rings. The lowest BCUT2D eigenvalue weighted by molar-refractivity contribution is -0.136. The highest BCUT2D eigenvalue weighted by molar-refractivity contribution is 5.67. The van der Waals surface area contributed by atoms with E-state index in [-0.39, 0.29) is 5.97 Å². The largest absolute Gasteiger partial charge is 0.432 e. The second-order valence-electron chi connectivity index (χ2n) is 2.93. The van der Waals surface area contributed by atoms with Crippen molar-refractivity contribution >= 4 is 5.97 Å². The molecule has 0 fully saturated rings. The van der Waals surface area contributed by atoms with Crippen LogP contribution in [0.15, 0.2) is 23.5 Å². The number of hydrogen-bond donors (Lipinski definition) is 0. The molecule has 0 rings (SSSR count). The number of rotatable bonds is 3. The van der Waals surface area contributed by atoms with E-state index in [0.717, 1.165) is 6.42 Å². The molecule has 0 aliphatic carbocycles. The Morgan fingerprint density at radius 3 is 2.17 bits per heavy atom. The number of ether oxygens (including phenoxy) is 1. The van der Waals surface area contributed by atoms with Crippen LogP contribution in [0.5, 0.6) is 0 Å². The van der Waals surface area contributed by atoms with E-state index in [1.165, 1.54) is 12.5 Å². The van der Waals surface area contributed by atoms with E-state index in [0.29, 0.717) is 5.76 Å². The van der Waals surface area contributed by atoms with Crippen molar-refractivity contribution in [1.82, 2.24) is 0 Å². The molecule has 0 heterocycles. The first-order valence-electron chi connectivity index (χ1n) is 4.01. The minimum atomic E-state index is -0.263. The average Bonchev–Trinajstić information content (AvgIpc) is 1.84. The molecule has 0 aromatic heterocycles. The molecule has 0 radical (unpaired) electrons. The zero-order valence-corrected chi connectivity index (χ0v) is 8.18. The van der Waals surface area contributed by atoms with Crippen LogP contribution in [0.1, 0.15) is 34.1 Å². The minimum Gasteiger partial charge on any atom is -0.432 e. The van der Waals surface area contributed by atoms with Crippen LogP contribution in [0.4, 0.5) is 0 Å². The summed E-state index contributed by atoms with van der Waals surface area (Å²) in [6.45, 7) is 7.25. The highest BCUT2D eigenvalue weighted by atomic mass is 16.5. The van der Waals surface area contributed by atoms with Gasteiger partial charge in [-0.3, -0.25) is 4.79 Å². The molecule has 0 N–H and O–H groups in total. The number of hydrogen-bond acceptors (Lipinski definition) is 2. The van der Waals surface area contributed by atoms with E-state index in [1.807, 2.05) is 19.9 Å². The van der Waals surface area contributed by atoms with Crippen molar-refractivity contribution < 1.29 is 9.53 Å². The molecule has 0 aliphatic heterocycles. The van der Waals surface area contributed by atoms with Crippen molar-refractivity contribution in [2.45, 2.75) is 34.1 Å². The van der Waals surface area contributed by atoms with Crippen LogP contribution in [0.25, 0.3) is 0 Å². The number of esters is 1. The summed E-state index contributed by atoms with van der Waals surface area (Å²) in [5, 5.41) is 0. The maximum Gasteiger partial charge on any atom is 0.307 e. The minimum absolute atomic E-state index is 0.263. The van der Waals surface area contributed by atoms with Gasteiger partial charge in [-0.15, -0.1) is 0 Å². The molecule has 2 nitrogen and oxygen atoms in total. The molecule has 12 heavy (non-hydrogen) atoms. The smallest absolute Gasteiger partial charge is 0.307 e. The normalized spacial score (nSPS) is 10.8. The fourth-order valence-corrected chi connectivity index (χ4v) is 0.729. The number of allylic oxidation sites excluding steroid dienone is 4. The third kappa shape index (κ3) is 7.06. The molecule has 0 amide bonds. The van der Waals surface area contributed by atoms with Crippen LogP contribution in [0.2, 0.25) is 0 Å². The highest BCUT2D eigenvalue weighted by Gasteiger charge is 1.92. The van der Waals surface area contributed by atoms with Gasteiger partial charge >= 0.3 is 5.97 Å². The molecule has 0 spiro atoms. The number of carbonyl (C=O) groups excluding carboxylic acids is 1. The SMILES string of the molecule is CC(=O)O/C(C)=C\CC=C(C)C. The lowest BCUT2D eigenvalue weighted by Crippen LogP contribution is -1.95. The van der Waals surface area contributed by atoms with E-state index in [2.05, 4.69) is 6.08 Å². The molecule has 68 valence electrons. The van der Waals surface area contributed by atoms with Gasteiger partial charge < -0.3 is 4.74 Å². The predicted molar refractivity (Wildman–Crippen MR) is 49.6 cm³/mol. The van der Waals surface area contributed by atoms with Crippen LogP contribution in [0.3, 0.4) is 0 Å². The van der Waals surface area contributed by atoms with Gasteiger partial charge in [0, 0.05) is 6.92 Å². The van der Waals surface area contributed by atoms with Gasteiger partial charge in [-0.05, 0) is 33.3 Å². The second kappa shape index (κ2) is 5.58. The highest BCUT2D eigenvalue weighted by Crippen LogP contribution is 2.00. The van der Waals surface area contributed by atoms with Crippen LogP contribution in [0, 0.1) is 0 Å². The summed E-state index contributed by atoms with van der Waals surface area (Å²) in [6.07, 6.45) is 4.78. The Morgan fingerprint density at radius 2 is 1.75 bits per heavy atom. The maximum absolute atomic E-state index is 10.5. The van der Waals surface area contributed by atoms with Gasteiger partial charge in [0.15, 0.2) is 0 Å². The van der Waals surface area contributed by atoms with Crippen molar-refractivity contribution in [1.29, 1.82) is 0 Å². The first kappa shape index (κ1) is 11.0. The quantitative estimate of drug-likeness (QED) is 0.368. The summed E-state index contributed by atoms with van der Waals surface area (Å²) in [5.41, 5.74) is 1.27. The van der Waals surface area contributed by atoms with Gasteiger partial charge in [0.1, 0.15) is 5.76 Å². The molecule has 2 heteroatoms. The number of carbonyl (C=O) groups is 1. The predicted octanol–water partition coefficient (Wildman–Crippen LogP) is 2.81. The van der Waals surface area contributed by atoms with Gasteiger partial charge in [-0.1, -0.05) is 11.6 Å². The lowest BCUT2D eigenvalue weighted by atomic mass is 10.2. The summed E-state index contributed by atoms with van der Waals surface area (Å²) >= 11 is 0. The Bertz CT molecular complexity index is 208. The van der Waals surface area contributed by atoms with Gasteiger partial charge in [0.25, 0.3) is 0 Å². The molecule has 0 saturated heterocycles. The Kier molecular flexibility index (Phi) is 5.09. The van der Waals surface area contributed by atoms with Crippen molar-refractivity contribution in [3.05, 3.63) is 23.5 Å². The van der Waals surface area contributed by atoms with E-state index < -0.39 is 0 Å². The monoisotopic (exact) mass is 168 g/mol. The Labute approximate surface area is 73.9 Å². The molecular formula is C10H16O2. The summed E-state index contributed by atoms with van der Waals surface area (Å²) < 4.78 is 4.82. The van der Waals surface area contributed by atoms with E-state index >= 15 is 0 Å². The Morgan fingerprint density at radius 1 is 1.17 bits per heavy atom. The summed E-state index contributed by atoms with van der Waals surface area (Å²) in [4.78, 5) is 10.5. The molecule has 0 atom stereocenters. The standard InChI is InChI=1S/C10H16O2/c1-8(2)6-5-7-9(3)12-10(4)11/h6-7H,5H2,1-4H3/b9-7-. The van der Waals surface area contributed by atoms with Crippen molar-refractivity contribution in [2.24, 2.45) is 0 Å². The topological polar surface area (TPSA) is 26.3 Å². The fraction of sp³-hybridized carbons (Fsp3) is 0.500. The first-order valence-corrected chi connectivity index (χ1v) is 4.01. The van der Waals surface area contributed by atoms with Crippen LogP contribution in [-0.2, 0) is 9.53 Å². The van der Waals surface area contributed by atoms with Crippen molar-refractivity contribution in [2.75, 3.05) is 0 Å². The molecule has 0 saturated carbocycles. The fourth-order valence-electron chi connectivity index (χ4n) is 0.729. The second-order valence-corrected chi connectivity index (χ2v) is 2.93. The Hall–Kier alpha value is -1.05. The molecule has 0 unspecified atom stereocenters. The molecule has 0 aromatic rings. The van der Waals surface area contributed by atoms with Gasteiger partial charge in [0.05, 0.1) is 0 Å². The third-order valence-electron chi connectivity index (χ3n) is 1.24. The average molecular weight is 168 g/mol. The zero-order valence-electron chi connectivity index (χ0n) is 8.18. The first-order chi connectivity index (χ1) is 5.52. The Balaban J connectivity index is 3.85. The maximum atomic E-state index is 10.5. The van der Waals surface area contributed by atoms with Crippen molar-refractivity contribution in [3.8, 4) is 0 Å². The van der Waals surface area contributed by atoms with Crippen molar-refractivity contribution in [3.63, 3.8) is 0 Å². The van der Waals surface area contributed by atoms with E-state index in [9.17, 15) is 4.79 Å².